The summed E-state index contributed by atoms with van der Waals surface area (Å²) in [5.41, 5.74) is 1.60. The number of aromatic nitrogens is 3. The SMILES string of the molecule is CCNC(=NCc1nnc2n1CCC2)NCC1(c2ccccc2Br)CC1. The fraction of sp³-hybridized carbons (Fsp3) is 0.526. The summed E-state index contributed by atoms with van der Waals surface area (Å²) in [6, 6.07) is 8.54. The lowest BCUT2D eigenvalue weighted by molar-refractivity contribution is 0.640. The van der Waals surface area contributed by atoms with Crippen molar-refractivity contribution < 1.29 is 0 Å². The third-order valence-corrected chi connectivity index (χ3v) is 5.99. The van der Waals surface area contributed by atoms with Crippen LogP contribution in [0.2, 0.25) is 0 Å². The van der Waals surface area contributed by atoms with Gasteiger partial charge in [0.2, 0.25) is 0 Å². The van der Waals surface area contributed by atoms with Crippen molar-refractivity contribution in [2.45, 2.75) is 51.1 Å². The van der Waals surface area contributed by atoms with E-state index < -0.39 is 0 Å². The third-order valence-electron chi connectivity index (χ3n) is 5.30. The Morgan fingerprint density at radius 1 is 1.27 bits per heavy atom. The minimum atomic E-state index is 0.215. The van der Waals surface area contributed by atoms with Crippen LogP contribution in [0.5, 0.6) is 0 Å². The topological polar surface area (TPSA) is 67.1 Å². The zero-order valence-corrected chi connectivity index (χ0v) is 16.7. The minimum absolute atomic E-state index is 0.215. The van der Waals surface area contributed by atoms with E-state index in [0.717, 1.165) is 50.1 Å². The highest BCUT2D eigenvalue weighted by Gasteiger charge is 2.45. The largest absolute Gasteiger partial charge is 0.357 e. The lowest BCUT2D eigenvalue weighted by atomic mass is 9.96. The first-order valence-corrected chi connectivity index (χ1v) is 10.2. The molecule has 7 heteroatoms. The molecule has 1 fully saturated rings. The van der Waals surface area contributed by atoms with Crippen LogP contribution in [0.3, 0.4) is 0 Å². The number of halogens is 1. The van der Waals surface area contributed by atoms with E-state index in [0.29, 0.717) is 6.54 Å². The lowest BCUT2D eigenvalue weighted by Gasteiger charge is -2.20. The summed E-state index contributed by atoms with van der Waals surface area (Å²) in [5, 5.41) is 15.4. The molecule has 2 aromatic rings. The molecular formula is C19H25BrN6. The molecule has 0 spiro atoms. The number of rotatable bonds is 6. The molecule has 1 aromatic carbocycles. The number of nitrogens with zero attached hydrogens (tertiary/aromatic N) is 4. The van der Waals surface area contributed by atoms with Crippen molar-refractivity contribution in [2.75, 3.05) is 13.1 Å². The van der Waals surface area contributed by atoms with Crippen LogP contribution in [0, 0.1) is 0 Å². The van der Waals surface area contributed by atoms with Crippen molar-refractivity contribution in [3.05, 3.63) is 46.0 Å². The van der Waals surface area contributed by atoms with Crippen LogP contribution in [0.4, 0.5) is 0 Å². The fourth-order valence-corrected chi connectivity index (χ4v) is 4.36. The van der Waals surface area contributed by atoms with Gasteiger partial charge in [-0.3, -0.25) is 0 Å². The van der Waals surface area contributed by atoms with Crippen molar-refractivity contribution >= 4 is 21.9 Å². The Labute approximate surface area is 162 Å². The van der Waals surface area contributed by atoms with Gasteiger partial charge >= 0.3 is 0 Å². The van der Waals surface area contributed by atoms with Crippen molar-refractivity contribution in [1.29, 1.82) is 0 Å². The average molecular weight is 417 g/mol. The number of hydrogen-bond donors (Lipinski definition) is 2. The summed E-state index contributed by atoms with van der Waals surface area (Å²) in [4.78, 5) is 4.74. The minimum Gasteiger partial charge on any atom is -0.357 e. The van der Waals surface area contributed by atoms with Crippen molar-refractivity contribution in [3.63, 3.8) is 0 Å². The van der Waals surface area contributed by atoms with Gasteiger partial charge < -0.3 is 15.2 Å². The monoisotopic (exact) mass is 416 g/mol. The molecule has 0 unspecified atom stereocenters. The van der Waals surface area contributed by atoms with E-state index in [1.54, 1.807) is 0 Å². The summed E-state index contributed by atoms with van der Waals surface area (Å²) in [5.74, 6) is 2.90. The van der Waals surface area contributed by atoms with Crippen LogP contribution in [0.15, 0.2) is 33.7 Å². The second-order valence-electron chi connectivity index (χ2n) is 7.10. The van der Waals surface area contributed by atoms with Gasteiger partial charge in [0.1, 0.15) is 12.4 Å². The zero-order valence-electron chi connectivity index (χ0n) is 15.1. The van der Waals surface area contributed by atoms with Gasteiger partial charge in [0.15, 0.2) is 11.8 Å². The average Bonchev–Trinajstić information content (AvgIpc) is 3.10. The summed E-state index contributed by atoms with van der Waals surface area (Å²) < 4.78 is 3.40. The normalized spacial score (nSPS) is 17.8. The number of guanidine groups is 1. The highest BCUT2D eigenvalue weighted by Crippen LogP contribution is 2.49. The number of fused-ring (bicyclic) bond motifs is 1. The Kier molecular flexibility index (Phi) is 4.98. The molecule has 1 aliphatic heterocycles. The molecule has 26 heavy (non-hydrogen) atoms. The first-order chi connectivity index (χ1) is 12.7. The van der Waals surface area contributed by atoms with E-state index in [-0.39, 0.29) is 5.41 Å². The van der Waals surface area contributed by atoms with E-state index in [9.17, 15) is 0 Å². The molecule has 0 atom stereocenters. The zero-order chi connectivity index (χ0) is 18.0. The second kappa shape index (κ2) is 7.39. The first kappa shape index (κ1) is 17.5. The molecule has 0 bridgehead atoms. The van der Waals surface area contributed by atoms with Crippen molar-refractivity contribution in [2.24, 2.45) is 4.99 Å². The van der Waals surface area contributed by atoms with E-state index in [1.165, 1.54) is 22.9 Å². The highest BCUT2D eigenvalue weighted by molar-refractivity contribution is 9.10. The standard InChI is InChI=1S/C19H25BrN6/c1-2-21-18(22-12-17-25-24-16-8-5-11-26(16)17)23-13-19(9-10-19)14-6-3-4-7-15(14)20/h3-4,6-7H,2,5,8-13H2,1H3,(H2,21,22,23). The maximum absolute atomic E-state index is 4.74. The smallest absolute Gasteiger partial charge is 0.191 e. The van der Waals surface area contributed by atoms with E-state index in [4.69, 9.17) is 4.99 Å². The fourth-order valence-electron chi connectivity index (χ4n) is 3.66. The predicted molar refractivity (Wildman–Crippen MR) is 106 cm³/mol. The van der Waals surface area contributed by atoms with Crippen LogP contribution in [0.25, 0.3) is 0 Å². The van der Waals surface area contributed by atoms with Gasteiger partial charge in [-0.1, -0.05) is 34.1 Å². The molecule has 138 valence electrons. The summed E-state index contributed by atoms with van der Waals surface area (Å²) >= 11 is 3.70. The summed E-state index contributed by atoms with van der Waals surface area (Å²) in [6.45, 7) is 5.39. The first-order valence-electron chi connectivity index (χ1n) is 9.40. The second-order valence-corrected chi connectivity index (χ2v) is 7.95. The molecule has 2 N–H and O–H groups in total. The molecule has 1 saturated carbocycles. The predicted octanol–water partition coefficient (Wildman–Crippen LogP) is 2.77. The molecule has 4 rings (SSSR count). The number of aryl methyl sites for hydroxylation is 1. The van der Waals surface area contributed by atoms with Crippen LogP contribution in [-0.2, 0) is 24.9 Å². The Hall–Kier alpha value is -1.89. The molecule has 1 aliphatic carbocycles. The van der Waals surface area contributed by atoms with E-state index in [2.05, 4.69) is 72.5 Å². The molecule has 0 radical (unpaired) electrons. The highest BCUT2D eigenvalue weighted by atomic mass is 79.9. The van der Waals surface area contributed by atoms with Gasteiger partial charge in [-0.05, 0) is 37.8 Å². The van der Waals surface area contributed by atoms with E-state index >= 15 is 0 Å². The van der Waals surface area contributed by atoms with Crippen LogP contribution < -0.4 is 10.6 Å². The number of nitrogens with one attached hydrogen (secondary N) is 2. The molecule has 2 aliphatic rings. The van der Waals surface area contributed by atoms with Gasteiger partial charge in [-0.2, -0.15) is 0 Å². The van der Waals surface area contributed by atoms with Crippen LogP contribution in [0.1, 0.15) is 43.4 Å². The summed E-state index contributed by atoms with van der Waals surface area (Å²) in [7, 11) is 0. The molecular weight excluding hydrogens is 392 g/mol. The van der Waals surface area contributed by atoms with Crippen LogP contribution >= 0.6 is 15.9 Å². The molecule has 0 amide bonds. The number of hydrogen-bond acceptors (Lipinski definition) is 3. The molecule has 2 heterocycles. The summed E-state index contributed by atoms with van der Waals surface area (Å²) in [6.07, 6.45) is 4.61. The Morgan fingerprint density at radius 3 is 2.88 bits per heavy atom. The van der Waals surface area contributed by atoms with E-state index in [1.807, 2.05) is 0 Å². The van der Waals surface area contributed by atoms with Crippen molar-refractivity contribution in [1.82, 2.24) is 25.4 Å². The van der Waals surface area contributed by atoms with Crippen LogP contribution in [-0.4, -0.2) is 33.8 Å². The lowest BCUT2D eigenvalue weighted by Crippen LogP contribution is -2.41. The maximum atomic E-state index is 4.74. The maximum Gasteiger partial charge on any atom is 0.191 e. The Bertz CT molecular complexity index is 808. The molecule has 6 nitrogen and oxygen atoms in total. The Balaban J connectivity index is 1.43. The van der Waals surface area contributed by atoms with Gasteiger partial charge in [0.05, 0.1) is 0 Å². The van der Waals surface area contributed by atoms with Gasteiger partial charge in [0, 0.05) is 35.9 Å². The van der Waals surface area contributed by atoms with Gasteiger partial charge in [0.25, 0.3) is 0 Å². The Morgan fingerprint density at radius 2 is 2.12 bits per heavy atom. The number of benzene rings is 1. The third kappa shape index (κ3) is 3.49. The van der Waals surface area contributed by atoms with Crippen molar-refractivity contribution in [3.8, 4) is 0 Å². The number of aliphatic imine (C=N–C) groups is 1. The van der Waals surface area contributed by atoms with Gasteiger partial charge in [-0.15, -0.1) is 10.2 Å². The molecule has 0 saturated heterocycles. The quantitative estimate of drug-likeness (QED) is 0.561. The molecule has 1 aromatic heterocycles. The van der Waals surface area contributed by atoms with Gasteiger partial charge in [-0.25, -0.2) is 4.99 Å².